The molecule has 2 aromatic heterocycles. The van der Waals surface area contributed by atoms with Crippen molar-refractivity contribution in [2.24, 2.45) is 5.73 Å². The predicted octanol–water partition coefficient (Wildman–Crippen LogP) is 0.927. The average molecular weight is 306 g/mol. The predicted molar refractivity (Wildman–Crippen MR) is 80.9 cm³/mol. The Balaban J connectivity index is 1.66. The van der Waals surface area contributed by atoms with Gasteiger partial charge in [0.15, 0.2) is 5.13 Å². The number of nitrogens with zero attached hydrogens (tertiary/aromatic N) is 3. The molecule has 21 heavy (non-hydrogen) atoms. The van der Waals surface area contributed by atoms with Crippen LogP contribution in [0.25, 0.3) is 0 Å². The molecule has 1 atom stereocenters. The van der Waals surface area contributed by atoms with Crippen molar-refractivity contribution in [1.29, 1.82) is 0 Å². The van der Waals surface area contributed by atoms with E-state index >= 15 is 0 Å². The van der Waals surface area contributed by atoms with Crippen molar-refractivity contribution in [3.05, 3.63) is 28.5 Å². The molecule has 1 aliphatic rings. The summed E-state index contributed by atoms with van der Waals surface area (Å²) >= 11 is 1.53. The van der Waals surface area contributed by atoms with E-state index in [1.54, 1.807) is 6.07 Å². The number of hydrogen-bond acceptors (Lipinski definition) is 6. The zero-order valence-corrected chi connectivity index (χ0v) is 12.4. The van der Waals surface area contributed by atoms with Crippen molar-refractivity contribution >= 4 is 22.4 Å². The number of amides is 1. The Morgan fingerprint density at radius 3 is 3.10 bits per heavy atom. The lowest BCUT2D eigenvalue weighted by molar-refractivity contribution is 0.0995. The average Bonchev–Trinajstić information content (AvgIpc) is 3.08. The lowest BCUT2D eigenvalue weighted by Crippen LogP contribution is -2.33. The zero-order chi connectivity index (χ0) is 14.8. The summed E-state index contributed by atoms with van der Waals surface area (Å²) in [7, 11) is 0. The van der Waals surface area contributed by atoms with E-state index in [2.05, 4.69) is 20.1 Å². The highest BCUT2D eigenvalue weighted by molar-refractivity contribution is 7.15. The van der Waals surface area contributed by atoms with Crippen LogP contribution in [0.5, 0.6) is 0 Å². The SMILES string of the molecule is NC(=O)c1cc(C2CCCN(Cc3cnc(N)s3)C2)[nH]n1. The molecule has 0 spiro atoms. The Bertz CT molecular complexity index is 636. The summed E-state index contributed by atoms with van der Waals surface area (Å²) in [6.45, 7) is 2.85. The maximum absolute atomic E-state index is 11.1. The molecular weight excluding hydrogens is 288 g/mol. The summed E-state index contributed by atoms with van der Waals surface area (Å²) in [5.41, 5.74) is 12.2. The van der Waals surface area contributed by atoms with E-state index in [0.29, 0.717) is 16.7 Å². The third kappa shape index (κ3) is 3.22. The molecule has 2 aromatic rings. The molecule has 112 valence electrons. The normalized spacial score (nSPS) is 19.7. The van der Waals surface area contributed by atoms with Gasteiger partial charge in [0.25, 0.3) is 5.91 Å². The Morgan fingerprint density at radius 2 is 2.43 bits per heavy atom. The Labute approximate surface area is 126 Å². The van der Waals surface area contributed by atoms with Crippen LogP contribution in [0.3, 0.4) is 0 Å². The molecule has 1 fully saturated rings. The van der Waals surface area contributed by atoms with Crippen LogP contribution in [0.15, 0.2) is 12.3 Å². The summed E-state index contributed by atoms with van der Waals surface area (Å²) in [5, 5.41) is 7.51. The molecule has 8 heteroatoms. The van der Waals surface area contributed by atoms with Crippen molar-refractivity contribution in [3.63, 3.8) is 0 Å². The minimum atomic E-state index is -0.495. The maximum Gasteiger partial charge on any atom is 0.269 e. The van der Waals surface area contributed by atoms with Gasteiger partial charge in [0.05, 0.1) is 0 Å². The highest BCUT2D eigenvalue weighted by atomic mass is 32.1. The van der Waals surface area contributed by atoms with E-state index in [1.807, 2.05) is 6.20 Å². The first-order chi connectivity index (χ1) is 10.1. The fourth-order valence-electron chi connectivity index (χ4n) is 2.74. The van der Waals surface area contributed by atoms with E-state index in [4.69, 9.17) is 11.5 Å². The van der Waals surface area contributed by atoms with Gasteiger partial charge in [-0.1, -0.05) is 0 Å². The number of piperidine rings is 1. The number of anilines is 1. The molecule has 7 nitrogen and oxygen atoms in total. The molecule has 5 N–H and O–H groups in total. The van der Waals surface area contributed by atoms with Gasteiger partial charge in [0, 0.05) is 35.8 Å². The number of carbonyl (C=O) groups is 1. The van der Waals surface area contributed by atoms with Gasteiger partial charge < -0.3 is 11.5 Å². The van der Waals surface area contributed by atoms with Gasteiger partial charge in [-0.15, -0.1) is 11.3 Å². The van der Waals surface area contributed by atoms with E-state index in [0.717, 1.165) is 38.2 Å². The quantitative estimate of drug-likeness (QED) is 0.777. The second-order valence-electron chi connectivity index (χ2n) is 5.31. The molecule has 1 saturated heterocycles. The van der Waals surface area contributed by atoms with E-state index in [9.17, 15) is 4.79 Å². The van der Waals surface area contributed by atoms with Gasteiger partial charge >= 0.3 is 0 Å². The summed E-state index contributed by atoms with van der Waals surface area (Å²) in [6, 6.07) is 1.77. The molecule has 0 radical (unpaired) electrons. The van der Waals surface area contributed by atoms with Crippen LogP contribution < -0.4 is 11.5 Å². The highest BCUT2D eigenvalue weighted by Gasteiger charge is 2.24. The second kappa shape index (κ2) is 5.82. The Morgan fingerprint density at radius 1 is 1.57 bits per heavy atom. The highest BCUT2D eigenvalue weighted by Crippen LogP contribution is 2.27. The number of nitrogen functional groups attached to an aromatic ring is 1. The fraction of sp³-hybridized carbons (Fsp3) is 0.462. The number of rotatable bonds is 4. The molecule has 1 amide bonds. The summed E-state index contributed by atoms with van der Waals surface area (Å²) < 4.78 is 0. The minimum absolute atomic E-state index is 0.303. The molecule has 0 saturated carbocycles. The molecule has 0 aliphatic carbocycles. The molecule has 3 rings (SSSR count). The summed E-state index contributed by atoms with van der Waals surface area (Å²) in [4.78, 5) is 18.8. The number of primary amides is 1. The van der Waals surface area contributed by atoms with E-state index in [-0.39, 0.29) is 0 Å². The molecule has 3 heterocycles. The van der Waals surface area contributed by atoms with Crippen LogP contribution in [0.4, 0.5) is 5.13 Å². The number of aromatic amines is 1. The molecule has 1 aliphatic heterocycles. The van der Waals surface area contributed by atoms with Gasteiger partial charge in [-0.3, -0.25) is 14.8 Å². The lowest BCUT2D eigenvalue weighted by atomic mass is 9.94. The Hall–Kier alpha value is -1.93. The molecular formula is C13H18N6OS. The van der Waals surface area contributed by atoms with Gasteiger partial charge in [0.2, 0.25) is 0 Å². The van der Waals surface area contributed by atoms with Crippen molar-refractivity contribution < 1.29 is 4.79 Å². The number of aromatic nitrogens is 3. The first-order valence-corrected chi connectivity index (χ1v) is 7.71. The minimum Gasteiger partial charge on any atom is -0.375 e. The number of hydrogen-bond donors (Lipinski definition) is 3. The molecule has 1 unspecified atom stereocenters. The van der Waals surface area contributed by atoms with Crippen LogP contribution in [-0.4, -0.2) is 39.1 Å². The first kappa shape index (κ1) is 14.0. The van der Waals surface area contributed by atoms with Crippen LogP contribution in [-0.2, 0) is 6.54 Å². The van der Waals surface area contributed by atoms with Crippen LogP contribution in [0.2, 0.25) is 0 Å². The third-order valence-corrected chi connectivity index (χ3v) is 4.56. The molecule has 0 aromatic carbocycles. The van der Waals surface area contributed by atoms with Gasteiger partial charge in [0.1, 0.15) is 5.69 Å². The van der Waals surface area contributed by atoms with Crippen LogP contribution >= 0.6 is 11.3 Å². The lowest BCUT2D eigenvalue weighted by Gasteiger charge is -2.31. The molecule has 0 bridgehead atoms. The number of carbonyl (C=O) groups excluding carboxylic acids is 1. The third-order valence-electron chi connectivity index (χ3n) is 3.75. The van der Waals surface area contributed by atoms with Gasteiger partial charge in [-0.25, -0.2) is 4.98 Å². The van der Waals surface area contributed by atoms with E-state index < -0.39 is 5.91 Å². The van der Waals surface area contributed by atoms with Crippen molar-refractivity contribution in [3.8, 4) is 0 Å². The van der Waals surface area contributed by atoms with Gasteiger partial charge in [-0.2, -0.15) is 5.10 Å². The number of thiazole rings is 1. The topological polar surface area (TPSA) is 114 Å². The number of nitrogens with one attached hydrogen (secondary N) is 1. The number of H-pyrrole nitrogens is 1. The first-order valence-electron chi connectivity index (χ1n) is 6.89. The van der Waals surface area contributed by atoms with Crippen molar-refractivity contribution in [2.45, 2.75) is 25.3 Å². The van der Waals surface area contributed by atoms with Crippen molar-refractivity contribution in [2.75, 3.05) is 18.8 Å². The summed E-state index contributed by atoms with van der Waals surface area (Å²) in [5.74, 6) is -0.144. The van der Waals surface area contributed by atoms with E-state index in [1.165, 1.54) is 16.2 Å². The van der Waals surface area contributed by atoms with Crippen LogP contribution in [0.1, 0.15) is 39.8 Å². The standard InChI is InChI=1S/C13H18N6OS/c14-12(20)11-4-10(17-18-11)8-2-1-3-19(6-8)7-9-5-16-13(15)21-9/h4-5,8H,1-3,6-7H2,(H2,14,20)(H2,15,16)(H,17,18). The zero-order valence-electron chi connectivity index (χ0n) is 11.6. The number of likely N-dealkylation sites (tertiary alicyclic amines) is 1. The second-order valence-corrected chi connectivity index (χ2v) is 6.46. The monoisotopic (exact) mass is 306 g/mol. The maximum atomic E-state index is 11.1. The van der Waals surface area contributed by atoms with Gasteiger partial charge in [-0.05, 0) is 25.5 Å². The fourth-order valence-corrected chi connectivity index (χ4v) is 3.47. The van der Waals surface area contributed by atoms with Crippen LogP contribution in [0, 0.1) is 0 Å². The van der Waals surface area contributed by atoms with Crippen molar-refractivity contribution in [1.82, 2.24) is 20.1 Å². The Kier molecular flexibility index (Phi) is 3.89. The number of nitrogens with two attached hydrogens (primary N) is 2. The summed E-state index contributed by atoms with van der Waals surface area (Å²) in [6.07, 6.45) is 4.04. The largest absolute Gasteiger partial charge is 0.375 e. The smallest absolute Gasteiger partial charge is 0.269 e.